The molecule has 0 radical (unpaired) electrons. The van der Waals surface area contributed by atoms with E-state index in [2.05, 4.69) is 20.8 Å². The zero-order valence-electron chi connectivity index (χ0n) is 14.3. The number of hydrogen-bond donors (Lipinski definition) is 2. The van der Waals surface area contributed by atoms with Gasteiger partial charge in [-0.25, -0.2) is 9.07 Å². The Labute approximate surface area is 149 Å². The van der Waals surface area contributed by atoms with Crippen LogP contribution in [0.15, 0.2) is 49.1 Å². The zero-order valence-corrected chi connectivity index (χ0v) is 14.3. The highest BCUT2D eigenvalue weighted by Crippen LogP contribution is 2.29. The summed E-state index contributed by atoms with van der Waals surface area (Å²) in [5, 5.41) is 14.5. The quantitative estimate of drug-likeness (QED) is 0.747. The van der Waals surface area contributed by atoms with Gasteiger partial charge in [-0.15, -0.1) is 0 Å². The van der Waals surface area contributed by atoms with Crippen molar-refractivity contribution in [2.24, 2.45) is 13.0 Å². The minimum absolute atomic E-state index is 0.0744. The fourth-order valence-corrected chi connectivity index (χ4v) is 3.33. The number of para-hydroxylation sites is 1. The van der Waals surface area contributed by atoms with Crippen LogP contribution in [0.1, 0.15) is 11.5 Å². The van der Waals surface area contributed by atoms with Gasteiger partial charge in [0.2, 0.25) is 5.91 Å². The van der Waals surface area contributed by atoms with E-state index in [9.17, 15) is 9.18 Å². The maximum absolute atomic E-state index is 13.9. The average Bonchev–Trinajstić information content (AvgIpc) is 3.35. The first-order valence-corrected chi connectivity index (χ1v) is 8.41. The number of benzene rings is 1. The number of carbonyl (C=O) groups is 1. The van der Waals surface area contributed by atoms with E-state index in [1.54, 1.807) is 35.3 Å². The van der Waals surface area contributed by atoms with Crippen molar-refractivity contribution in [3.05, 3.63) is 60.4 Å². The summed E-state index contributed by atoms with van der Waals surface area (Å²) in [4.78, 5) is 12.7. The number of anilines is 1. The number of halogens is 1. The van der Waals surface area contributed by atoms with Gasteiger partial charge in [-0.3, -0.25) is 9.48 Å². The molecular weight excluding hydrogens is 335 g/mol. The van der Waals surface area contributed by atoms with Crippen LogP contribution >= 0.6 is 0 Å². The fraction of sp³-hybridized carbons (Fsp3) is 0.278. The molecule has 1 aliphatic rings. The predicted octanol–water partition coefficient (Wildman–Crippen LogP) is 1.69. The molecule has 1 fully saturated rings. The van der Waals surface area contributed by atoms with Gasteiger partial charge in [-0.1, -0.05) is 12.1 Å². The maximum atomic E-state index is 13.9. The van der Waals surface area contributed by atoms with E-state index in [4.69, 9.17) is 0 Å². The first-order chi connectivity index (χ1) is 12.6. The lowest BCUT2D eigenvalue weighted by molar-refractivity contribution is -0.119. The van der Waals surface area contributed by atoms with Crippen LogP contribution in [0.25, 0.3) is 5.69 Å². The molecule has 1 amide bonds. The number of rotatable bonds is 4. The molecule has 1 aromatic carbocycles. The summed E-state index contributed by atoms with van der Waals surface area (Å²) in [6, 6.07) is 6.36. The van der Waals surface area contributed by atoms with E-state index in [0.29, 0.717) is 17.9 Å². The van der Waals surface area contributed by atoms with Crippen LogP contribution in [0.5, 0.6) is 0 Å². The standard InChI is InChI=1S/C18H19FN6O/c1-24-10-12(6-21-24)14-8-20-9-15(14)18(26)23-13-7-22-25(11-13)17-5-3-2-4-16(17)19/h2-7,10-11,14-15,20H,8-9H2,1H3,(H,23,26)/t14-,15+/m1/s1. The Kier molecular flexibility index (Phi) is 4.26. The number of aryl methyl sites for hydroxylation is 1. The number of hydrogen-bond acceptors (Lipinski definition) is 4. The summed E-state index contributed by atoms with van der Waals surface area (Å²) in [5.74, 6) is -0.580. The van der Waals surface area contributed by atoms with E-state index < -0.39 is 0 Å². The minimum atomic E-state index is -0.370. The second kappa shape index (κ2) is 6.72. The van der Waals surface area contributed by atoms with Gasteiger partial charge in [0.25, 0.3) is 0 Å². The van der Waals surface area contributed by atoms with Crippen molar-refractivity contribution in [1.29, 1.82) is 0 Å². The third kappa shape index (κ3) is 3.11. The van der Waals surface area contributed by atoms with Gasteiger partial charge in [0.1, 0.15) is 11.5 Å². The van der Waals surface area contributed by atoms with Crippen LogP contribution in [-0.4, -0.2) is 38.6 Å². The average molecular weight is 354 g/mol. The van der Waals surface area contributed by atoms with Gasteiger partial charge < -0.3 is 10.6 Å². The van der Waals surface area contributed by atoms with Crippen molar-refractivity contribution < 1.29 is 9.18 Å². The molecule has 3 aromatic rings. The lowest BCUT2D eigenvalue weighted by Crippen LogP contribution is -2.27. The maximum Gasteiger partial charge on any atom is 0.229 e. The smallest absolute Gasteiger partial charge is 0.229 e. The molecule has 3 heterocycles. The normalized spacial score (nSPS) is 19.6. The van der Waals surface area contributed by atoms with E-state index in [-0.39, 0.29) is 23.6 Å². The molecule has 0 saturated carbocycles. The van der Waals surface area contributed by atoms with Crippen molar-refractivity contribution in [2.75, 3.05) is 18.4 Å². The van der Waals surface area contributed by atoms with Crippen LogP contribution in [0.2, 0.25) is 0 Å². The molecule has 2 N–H and O–H groups in total. The molecule has 0 unspecified atom stereocenters. The molecule has 8 heteroatoms. The molecule has 0 aliphatic carbocycles. The van der Waals surface area contributed by atoms with Crippen molar-refractivity contribution in [1.82, 2.24) is 24.9 Å². The summed E-state index contributed by atoms with van der Waals surface area (Å²) in [7, 11) is 1.86. The third-order valence-corrected chi connectivity index (χ3v) is 4.65. The Morgan fingerprint density at radius 3 is 2.85 bits per heavy atom. The van der Waals surface area contributed by atoms with Gasteiger partial charge in [0.05, 0.1) is 30.2 Å². The van der Waals surface area contributed by atoms with Crippen molar-refractivity contribution in [3.63, 3.8) is 0 Å². The molecule has 1 aliphatic heterocycles. The van der Waals surface area contributed by atoms with Gasteiger partial charge in [0.15, 0.2) is 0 Å². The Morgan fingerprint density at radius 2 is 2.08 bits per heavy atom. The first kappa shape index (κ1) is 16.5. The second-order valence-corrected chi connectivity index (χ2v) is 6.43. The monoisotopic (exact) mass is 354 g/mol. The van der Waals surface area contributed by atoms with Crippen LogP contribution in [0, 0.1) is 11.7 Å². The molecule has 0 bridgehead atoms. The fourth-order valence-electron chi connectivity index (χ4n) is 3.33. The summed E-state index contributed by atoms with van der Waals surface area (Å²) < 4.78 is 17.0. The Hall–Kier alpha value is -3.00. The molecule has 134 valence electrons. The van der Waals surface area contributed by atoms with Gasteiger partial charge >= 0.3 is 0 Å². The first-order valence-electron chi connectivity index (χ1n) is 8.41. The number of nitrogens with zero attached hydrogens (tertiary/aromatic N) is 4. The number of nitrogens with one attached hydrogen (secondary N) is 2. The third-order valence-electron chi connectivity index (χ3n) is 4.65. The molecule has 26 heavy (non-hydrogen) atoms. The largest absolute Gasteiger partial charge is 0.323 e. The lowest BCUT2D eigenvalue weighted by atomic mass is 9.90. The summed E-state index contributed by atoms with van der Waals surface area (Å²) in [5.41, 5.74) is 1.92. The molecule has 1 saturated heterocycles. The topological polar surface area (TPSA) is 76.8 Å². The van der Waals surface area contributed by atoms with E-state index in [0.717, 1.165) is 12.1 Å². The van der Waals surface area contributed by atoms with Crippen molar-refractivity contribution in [2.45, 2.75) is 5.92 Å². The number of carbonyl (C=O) groups excluding carboxylic acids is 1. The molecule has 7 nitrogen and oxygen atoms in total. The van der Waals surface area contributed by atoms with E-state index in [1.165, 1.54) is 16.9 Å². The van der Waals surface area contributed by atoms with E-state index >= 15 is 0 Å². The Bertz CT molecular complexity index is 933. The summed E-state index contributed by atoms with van der Waals surface area (Å²) in [6.07, 6.45) is 6.87. The highest BCUT2D eigenvalue weighted by atomic mass is 19.1. The molecular formula is C18H19FN6O. The number of amides is 1. The molecule has 4 rings (SSSR count). The summed E-state index contributed by atoms with van der Waals surface area (Å²) in [6.45, 7) is 1.34. The highest BCUT2D eigenvalue weighted by Gasteiger charge is 2.34. The molecule has 0 spiro atoms. The van der Waals surface area contributed by atoms with Crippen LogP contribution < -0.4 is 10.6 Å². The van der Waals surface area contributed by atoms with Crippen LogP contribution in [-0.2, 0) is 11.8 Å². The lowest BCUT2D eigenvalue weighted by Gasteiger charge is -2.16. The van der Waals surface area contributed by atoms with Crippen LogP contribution in [0.3, 0.4) is 0 Å². The Morgan fingerprint density at radius 1 is 1.23 bits per heavy atom. The predicted molar refractivity (Wildman–Crippen MR) is 94.5 cm³/mol. The molecule has 2 aromatic heterocycles. The van der Waals surface area contributed by atoms with Gasteiger partial charge in [-0.05, 0) is 17.7 Å². The minimum Gasteiger partial charge on any atom is -0.323 e. The van der Waals surface area contributed by atoms with Gasteiger partial charge in [-0.2, -0.15) is 10.2 Å². The SMILES string of the molecule is Cn1cc([C@H]2CNC[C@@H]2C(=O)Nc2cnn(-c3ccccc3F)c2)cn1. The zero-order chi connectivity index (χ0) is 18.1. The van der Waals surface area contributed by atoms with Gasteiger partial charge in [0, 0.05) is 32.3 Å². The number of aromatic nitrogens is 4. The summed E-state index contributed by atoms with van der Waals surface area (Å²) >= 11 is 0. The van der Waals surface area contributed by atoms with Crippen LogP contribution in [0.4, 0.5) is 10.1 Å². The van der Waals surface area contributed by atoms with Crippen molar-refractivity contribution >= 4 is 11.6 Å². The Balaban J connectivity index is 1.49. The second-order valence-electron chi connectivity index (χ2n) is 6.43. The highest BCUT2D eigenvalue weighted by molar-refractivity contribution is 5.93. The molecule has 2 atom stereocenters. The van der Waals surface area contributed by atoms with Crippen molar-refractivity contribution in [3.8, 4) is 5.69 Å². The van der Waals surface area contributed by atoms with E-state index in [1.807, 2.05) is 13.2 Å².